The van der Waals surface area contributed by atoms with Crippen LogP contribution in [0.2, 0.25) is 0 Å². The van der Waals surface area contributed by atoms with E-state index in [1.807, 2.05) is 18.2 Å². The highest BCUT2D eigenvalue weighted by molar-refractivity contribution is 5.74. The Bertz CT molecular complexity index is 672. The standard InChI is InChI=1S/C20H24N2O2/c23-15-17-10-12-22(14-17)20(24)21-11-9-16-5-4-8-19(13-16)18-6-2-1-3-7-18/h1-8,13,17,23H,9-12,14-15H2,(H,21,24)/t17-/m0/s1. The number of aliphatic hydroxyl groups is 1. The molecule has 0 saturated carbocycles. The molecule has 126 valence electrons. The number of nitrogens with zero attached hydrogens (tertiary/aromatic N) is 1. The van der Waals surface area contributed by atoms with Crippen molar-refractivity contribution in [1.29, 1.82) is 0 Å². The van der Waals surface area contributed by atoms with Crippen molar-refractivity contribution in [3.63, 3.8) is 0 Å². The Morgan fingerprint density at radius 3 is 2.67 bits per heavy atom. The summed E-state index contributed by atoms with van der Waals surface area (Å²) in [5, 5.41) is 12.1. The van der Waals surface area contributed by atoms with E-state index in [0.29, 0.717) is 13.1 Å². The topological polar surface area (TPSA) is 52.6 Å². The van der Waals surface area contributed by atoms with E-state index < -0.39 is 0 Å². The Kier molecular flexibility index (Phi) is 5.49. The molecule has 4 heteroatoms. The van der Waals surface area contributed by atoms with Gasteiger partial charge in [0.25, 0.3) is 0 Å². The monoisotopic (exact) mass is 324 g/mol. The van der Waals surface area contributed by atoms with Crippen molar-refractivity contribution in [2.75, 3.05) is 26.2 Å². The van der Waals surface area contributed by atoms with Crippen LogP contribution >= 0.6 is 0 Å². The van der Waals surface area contributed by atoms with Crippen LogP contribution in [-0.2, 0) is 6.42 Å². The highest BCUT2D eigenvalue weighted by Crippen LogP contribution is 2.20. The maximum absolute atomic E-state index is 12.1. The number of carbonyl (C=O) groups excluding carboxylic acids is 1. The lowest BCUT2D eigenvalue weighted by Gasteiger charge is -2.17. The van der Waals surface area contributed by atoms with Gasteiger partial charge in [-0.3, -0.25) is 0 Å². The van der Waals surface area contributed by atoms with Gasteiger partial charge >= 0.3 is 6.03 Å². The third-order valence-corrected chi connectivity index (χ3v) is 4.56. The van der Waals surface area contributed by atoms with Gasteiger partial charge in [-0.1, -0.05) is 54.6 Å². The van der Waals surface area contributed by atoms with Gasteiger partial charge in [-0.2, -0.15) is 0 Å². The molecule has 1 saturated heterocycles. The number of urea groups is 1. The number of hydrogen-bond donors (Lipinski definition) is 2. The van der Waals surface area contributed by atoms with E-state index >= 15 is 0 Å². The summed E-state index contributed by atoms with van der Waals surface area (Å²) in [7, 11) is 0. The third-order valence-electron chi connectivity index (χ3n) is 4.56. The molecule has 1 heterocycles. The molecule has 0 aromatic heterocycles. The van der Waals surface area contributed by atoms with Gasteiger partial charge in [-0.05, 0) is 29.5 Å². The van der Waals surface area contributed by atoms with Crippen molar-refractivity contribution in [3.05, 3.63) is 60.2 Å². The molecule has 2 amide bonds. The second-order valence-corrected chi connectivity index (χ2v) is 6.33. The van der Waals surface area contributed by atoms with Crippen LogP contribution < -0.4 is 5.32 Å². The van der Waals surface area contributed by atoms with Crippen LogP contribution in [0.15, 0.2) is 54.6 Å². The van der Waals surface area contributed by atoms with Crippen molar-refractivity contribution in [2.24, 2.45) is 5.92 Å². The lowest BCUT2D eigenvalue weighted by molar-refractivity contribution is 0.198. The fourth-order valence-electron chi connectivity index (χ4n) is 3.13. The first-order valence-electron chi connectivity index (χ1n) is 8.54. The van der Waals surface area contributed by atoms with Gasteiger partial charge < -0.3 is 15.3 Å². The summed E-state index contributed by atoms with van der Waals surface area (Å²) in [6, 6.07) is 18.7. The maximum Gasteiger partial charge on any atom is 0.317 e. The first kappa shape index (κ1) is 16.5. The summed E-state index contributed by atoms with van der Waals surface area (Å²) in [4.78, 5) is 13.9. The zero-order chi connectivity index (χ0) is 16.8. The van der Waals surface area contributed by atoms with Crippen molar-refractivity contribution >= 4 is 6.03 Å². The maximum atomic E-state index is 12.1. The quantitative estimate of drug-likeness (QED) is 0.888. The van der Waals surface area contributed by atoms with Crippen LogP contribution in [0.1, 0.15) is 12.0 Å². The molecule has 0 unspecified atom stereocenters. The Morgan fingerprint density at radius 2 is 1.92 bits per heavy atom. The van der Waals surface area contributed by atoms with E-state index in [4.69, 9.17) is 5.11 Å². The van der Waals surface area contributed by atoms with Gasteiger partial charge in [-0.25, -0.2) is 4.79 Å². The molecule has 24 heavy (non-hydrogen) atoms. The number of hydrogen-bond acceptors (Lipinski definition) is 2. The Morgan fingerprint density at radius 1 is 1.12 bits per heavy atom. The van der Waals surface area contributed by atoms with E-state index in [0.717, 1.165) is 19.4 Å². The zero-order valence-corrected chi connectivity index (χ0v) is 13.8. The fraction of sp³-hybridized carbons (Fsp3) is 0.350. The Balaban J connectivity index is 1.51. The summed E-state index contributed by atoms with van der Waals surface area (Å²) in [5.74, 6) is 0.235. The first-order chi connectivity index (χ1) is 11.8. The van der Waals surface area contributed by atoms with Gasteiger partial charge in [0.1, 0.15) is 0 Å². The van der Waals surface area contributed by atoms with Crippen LogP contribution in [0.5, 0.6) is 0 Å². The molecule has 1 fully saturated rings. The van der Waals surface area contributed by atoms with Crippen LogP contribution in [0.4, 0.5) is 4.79 Å². The second kappa shape index (κ2) is 7.97. The van der Waals surface area contributed by atoms with E-state index in [9.17, 15) is 4.79 Å². The van der Waals surface area contributed by atoms with E-state index in [-0.39, 0.29) is 18.6 Å². The van der Waals surface area contributed by atoms with Crippen molar-refractivity contribution < 1.29 is 9.90 Å². The number of nitrogens with one attached hydrogen (secondary N) is 1. The summed E-state index contributed by atoms with van der Waals surface area (Å²) >= 11 is 0. The number of likely N-dealkylation sites (tertiary alicyclic amines) is 1. The van der Waals surface area contributed by atoms with Crippen LogP contribution in [0.3, 0.4) is 0 Å². The molecule has 0 aliphatic carbocycles. The molecule has 2 aromatic carbocycles. The van der Waals surface area contributed by atoms with Crippen molar-refractivity contribution in [2.45, 2.75) is 12.8 Å². The summed E-state index contributed by atoms with van der Waals surface area (Å²) in [6.07, 6.45) is 1.70. The van der Waals surface area contributed by atoms with Crippen LogP contribution in [0.25, 0.3) is 11.1 Å². The lowest BCUT2D eigenvalue weighted by atomic mass is 10.0. The minimum atomic E-state index is -0.0230. The molecule has 1 aliphatic rings. The number of rotatable bonds is 5. The van der Waals surface area contributed by atoms with Crippen LogP contribution in [-0.4, -0.2) is 42.3 Å². The predicted octanol–water partition coefficient (Wildman–Crippen LogP) is 2.92. The molecule has 2 N–H and O–H groups in total. The normalized spacial score (nSPS) is 17.0. The molecule has 1 atom stereocenters. The van der Waals surface area contributed by atoms with E-state index in [1.54, 1.807) is 4.90 Å². The molecule has 1 aliphatic heterocycles. The highest BCUT2D eigenvalue weighted by Gasteiger charge is 2.25. The third kappa shape index (κ3) is 4.15. The van der Waals surface area contributed by atoms with E-state index in [2.05, 4.69) is 41.7 Å². The molecule has 0 bridgehead atoms. The molecular formula is C20H24N2O2. The minimum absolute atomic E-state index is 0.0230. The number of carbonyl (C=O) groups is 1. The second-order valence-electron chi connectivity index (χ2n) is 6.33. The molecule has 2 aromatic rings. The highest BCUT2D eigenvalue weighted by atomic mass is 16.3. The van der Waals surface area contributed by atoms with E-state index in [1.165, 1.54) is 16.7 Å². The SMILES string of the molecule is O=C(NCCc1cccc(-c2ccccc2)c1)N1CC[C@H](CO)C1. The van der Waals surface area contributed by atoms with Gasteiger partial charge in [0.05, 0.1) is 0 Å². The lowest BCUT2D eigenvalue weighted by Crippen LogP contribution is -2.39. The van der Waals surface area contributed by atoms with Gasteiger partial charge in [-0.15, -0.1) is 0 Å². The average Bonchev–Trinajstić information content (AvgIpc) is 3.12. The van der Waals surface area contributed by atoms with Gasteiger partial charge in [0.15, 0.2) is 0 Å². The number of aliphatic hydroxyl groups excluding tert-OH is 1. The number of amides is 2. The van der Waals surface area contributed by atoms with Gasteiger partial charge in [0.2, 0.25) is 0 Å². The molecule has 0 radical (unpaired) electrons. The fourth-order valence-corrected chi connectivity index (χ4v) is 3.13. The molecule has 0 spiro atoms. The molecule has 4 nitrogen and oxygen atoms in total. The van der Waals surface area contributed by atoms with Crippen molar-refractivity contribution in [3.8, 4) is 11.1 Å². The average molecular weight is 324 g/mol. The number of benzene rings is 2. The summed E-state index contributed by atoms with van der Waals surface area (Å²) in [5.41, 5.74) is 3.62. The largest absolute Gasteiger partial charge is 0.396 e. The Hall–Kier alpha value is -2.33. The molecule has 3 rings (SSSR count). The Labute approximate surface area is 143 Å². The summed E-state index contributed by atoms with van der Waals surface area (Å²) < 4.78 is 0. The predicted molar refractivity (Wildman–Crippen MR) is 95.7 cm³/mol. The van der Waals surface area contributed by atoms with Crippen molar-refractivity contribution in [1.82, 2.24) is 10.2 Å². The summed E-state index contributed by atoms with van der Waals surface area (Å²) in [6.45, 7) is 2.18. The molecular weight excluding hydrogens is 300 g/mol. The van der Waals surface area contributed by atoms with Gasteiger partial charge in [0, 0.05) is 32.2 Å². The first-order valence-corrected chi connectivity index (χ1v) is 8.54. The smallest absolute Gasteiger partial charge is 0.317 e. The minimum Gasteiger partial charge on any atom is -0.396 e. The zero-order valence-electron chi connectivity index (χ0n) is 13.8. The van der Waals surface area contributed by atoms with Crippen LogP contribution in [0, 0.1) is 5.92 Å².